The average molecular weight is 452 g/mol. The van der Waals surface area contributed by atoms with Crippen molar-refractivity contribution in [3.8, 4) is 0 Å². The molecule has 7 heteroatoms. The number of benzene rings is 1. The Balaban J connectivity index is 0.00000225. The van der Waals surface area contributed by atoms with Gasteiger partial charge in [0.2, 0.25) is 0 Å². The Kier molecular flexibility index (Phi) is 7.42. The van der Waals surface area contributed by atoms with Crippen molar-refractivity contribution >= 4 is 35.6 Å². The van der Waals surface area contributed by atoms with Crippen LogP contribution in [0.4, 0.5) is 5.69 Å². The molecule has 1 N–H and O–H groups in total. The molecule has 0 amide bonds. The first-order chi connectivity index (χ1) is 11.8. The maximum Gasteiger partial charge on any atom is 0.194 e. The molecule has 0 bridgehead atoms. The molecule has 1 fully saturated rings. The van der Waals surface area contributed by atoms with Crippen LogP contribution in [0, 0.1) is 6.92 Å². The average Bonchev–Trinajstić information content (AvgIpc) is 2.64. The van der Waals surface area contributed by atoms with Crippen LogP contribution in [0.3, 0.4) is 0 Å². The molecule has 1 aromatic heterocycles. The predicted octanol–water partition coefficient (Wildman–Crippen LogP) is 2.30. The Morgan fingerprint density at radius 1 is 1.12 bits per heavy atom. The van der Waals surface area contributed by atoms with Crippen LogP contribution in [0.1, 0.15) is 11.5 Å². The van der Waals surface area contributed by atoms with Gasteiger partial charge in [-0.25, -0.2) is 9.97 Å². The zero-order chi connectivity index (χ0) is 16.8. The standard InChI is InChI=1S/C18H24N6.HI/c1-15-20-9-8-16(22-15)14-21-18(19-2)24-12-10-23(11-13-24)17-6-4-3-5-7-17;/h3-9H,10-14H2,1-2H3,(H,19,21);1H. The van der Waals surface area contributed by atoms with Crippen LogP contribution in [0.2, 0.25) is 0 Å². The summed E-state index contributed by atoms with van der Waals surface area (Å²) >= 11 is 0. The number of rotatable bonds is 3. The Labute approximate surface area is 166 Å². The first-order valence-corrected chi connectivity index (χ1v) is 8.30. The van der Waals surface area contributed by atoms with Crippen molar-refractivity contribution in [3.05, 3.63) is 54.1 Å². The van der Waals surface area contributed by atoms with Crippen molar-refractivity contribution in [2.24, 2.45) is 4.99 Å². The van der Waals surface area contributed by atoms with E-state index in [1.54, 1.807) is 6.20 Å². The fraction of sp³-hybridized carbons (Fsp3) is 0.389. The van der Waals surface area contributed by atoms with Crippen LogP contribution >= 0.6 is 24.0 Å². The minimum absolute atomic E-state index is 0. The summed E-state index contributed by atoms with van der Waals surface area (Å²) in [5.74, 6) is 1.72. The lowest BCUT2D eigenvalue weighted by Crippen LogP contribution is -2.52. The zero-order valence-corrected chi connectivity index (χ0v) is 17.1. The van der Waals surface area contributed by atoms with Gasteiger partial charge in [0.25, 0.3) is 0 Å². The number of anilines is 1. The summed E-state index contributed by atoms with van der Waals surface area (Å²) in [5.41, 5.74) is 2.27. The maximum absolute atomic E-state index is 4.42. The maximum atomic E-state index is 4.42. The number of piperazine rings is 1. The van der Waals surface area contributed by atoms with Crippen molar-refractivity contribution in [1.29, 1.82) is 0 Å². The van der Waals surface area contributed by atoms with Gasteiger partial charge in [-0.3, -0.25) is 4.99 Å². The number of aliphatic imine (C=N–C) groups is 1. The Morgan fingerprint density at radius 3 is 2.48 bits per heavy atom. The SMILES string of the molecule is CN=C(NCc1ccnc(C)n1)N1CCN(c2ccccc2)CC1.I. The minimum Gasteiger partial charge on any atom is -0.368 e. The van der Waals surface area contributed by atoms with Crippen molar-refractivity contribution in [3.63, 3.8) is 0 Å². The second-order valence-corrected chi connectivity index (χ2v) is 5.81. The first kappa shape index (κ1) is 19.4. The summed E-state index contributed by atoms with van der Waals surface area (Å²) in [6, 6.07) is 12.5. The fourth-order valence-corrected chi connectivity index (χ4v) is 2.92. The number of aryl methyl sites for hydroxylation is 1. The molecule has 3 rings (SSSR count). The predicted molar refractivity (Wildman–Crippen MR) is 113 cm³/mol. The monoisotopic (exact) mass is 452 g/mol. The van der Waals surface area contributed by atoms with E-state index in [2.05, 4.69) is 60.4 Å². The van der Waals surface area contributed by atoms with Crippen LogP contribution in [-0.2, 0) is 6.54 Å². The smallest absolute Gasteiger partial charge is 0.194 e. The molecule has 0 unspecified atom stereocenters. The van der Waals surface area contributed by atoms with Crippen LogP contribution < -0.4 is 10.2 Å². The van der Waals surface area contributed by atoms with Crippen molar-refractivity contribution in [2.45, 2.75) is 13.5 Å². The molecule has 0 aliphatic carbocycles. The van der Waals surface area contributed by atoms with Crippen molar-refractivity contribution < 1.29 is 0 Å². The van der Waals surface area contributed by atoms with Gasteiger partial charge in [-0.05, 0) is 25.1 Å². The van der Waals surface area contributed by atoms with Gasteiger partial charge < -0.3 is 15.1 Å². The number of aromatic nitrogens is 2. The van der Waals surface area contributed by atoms with E-state index < -0.39 is 0 Å². The molecule has 1 aromatic carbocycles. The van der Waals surface area contributed by atoms with Crippen LogP contribution in [0.25, 0.3) is 0 Å². The molecule has 1 saturated heterocycles. The summed E-state index contributed by atoms with van der Waals surface area (Å²) in [6.07, 6.45) is 1.79. The van der Waals surface area contributed by atoms with Crippen LogP contribution in [0.5, 0.6) is 0 Å². The molecular formula is C18H25IN6. The number of guanidine groups is 1. The number of para-hydroxylation sites is 1. The van der Waals surface area contributed by atoms with Crippen molar-refractivity contribution in [1.82, 2.24) is 20.2 Å². The summed E-state index contributed by atoms with van der Waals surface area (Å²) in [4.78, 5) is 17.7. The lowest BCUT2D eigenvalue weighted by Gasteiger charge is -2.37. The van der Waals surface area contributed by atoms with Crippen molar-refractivity contribution in [2.75, 3.05) is 38.1 Å². The lowest BCUT2D eigenvalue weighted by atomic mass is 10.2. The molecule has 2 heterocycles. The van der Waals surface area contributed by atoms with Gasteiger partial charge in [-0.2, -0.15) is 0 Å². The second kappa shape index (κ2) is 9.55. The van der Waals surface area contributed by atoms with E-state index in [4.69, 9.17) is 0 Å². The van der Waals surface area contributed by atoms with Crippen LogP contribution in [-0.4, -0.2) is 54.1 Å². The quantitative estimate of drug-likeness (QED) is 0.440. The highest BCUT2D eigenvalue weighted by Crippen LogP contribution is 2.15. The molecule has 1 aliphatic rings. The van der Waals surface area contributed by atoms with Crippen LogP contribution in [0.15, 0.2) is 47.6 Å². The number of halogens is 1. The highest BCUT2D eigenvalue weighted by atomic mass is 127. The third kappa shape index (κ3) is 5.29. The highest BCUT2D eigenvalue weighted by Gasteiger charge is 2.19. The van der Waals surface area contributed by atoms with E-state index >= 15 is 0 Å². The second-order valence-electron chi connectivity index (χ2n) is 5.81. The third-order valence-corrected chi connectivity index (χ3v) is 4.17. The minimum atomic E-state index is 0. The third-order valence-electron chi connectivity index (χ3n) is 4.17. The van der Waals surface area contributed by atoms with E-state index in [1.165, 1.54) is 5.69 Å². The molecule has 2 aromatic rings. The fourth-order valence-electron chi connectivity index (χ4n) is 2.92. The largest absolute Gasteiger partial charge is 0.368 e. The van der Waals surface area contributed by atoms with E-state index in [0.717, 1.165) is 43.7 Å². The number of nitrogens with one attached hydrogen (secondary N) is 1. The summed E-state index contributed by atoms with van der Waals surface area (Å²) in [5, 5.41) is 3.40. The normalized spacial score (nSPS) is 14.9. The molecule has 25 heavy (non-hydrogen) atoms. The first-order valence-electron chi connectivity index (χ1n) is 8.30. The molecule has 134 valence electrons. The number of nitrogens with zero attached hydrogens (tertiary/aromatic N) is 5. The van der Waals surface area contributed by atoms with E-state index in [9.17, 15) is 0 Å². The van der Waals surface area contributed by atoms with E-state index in [1.807, 2.05) is 20.0 Å². The molecule has 6 nitrogen and oxygen atoms in total. The van der Waals surface area contributed by atoms with E-state index in [0.29, 0.717) is 6.54 Å². The zero-order valence-electron chi connectivity index (χ0n) is 14.7. The topological polar surface area (TPSA) is 56.7 Å². The Hall–Kier alpha value is -1.90. The van der Waals surface area contributed by atoms with Gasteiger partial charge in [0.15, 0.2) is 5.96 Å². The van der Waals surface area contributed by atoms with Gasteiger partial charge in [-0.1, -0.05) is 18.2 Å². The molecule has 0 saturated carbocycles. The summed E-state index contributed by atoms with van der Waals surface area (Å²) in [6.45, 7) is 6.47. The van der Waals surface area contributed by atoms with Gasteiger partial charge >= 0.3 is 0 Å². The van der Waals surface area contributed by atoms with E-state index in [-0.39, 0.29) is 24.0 Å². The van der Waals surface area contributed by atoms with Gasteiger partial charge in [0.1, 0.15) is 5.82 Å². The summed E-state index contributed by atoms with van der Waals surface area (Å²) < 4.78 is 0. The Bertz CT molecular complexity index is 683. The Morgan fingerprint density at radius 2 is 1.84 bits per heavy atom. The molecule has 0 spiro atoms. The highest BCUT2D eigenvalue weighted by molar-refractivity contribution is 14.0. The van der Waals surface area contributed by atoms with Gasteiger partial charge in [0.05, 0.1) is 12.2 Å². The molecule has 0 atom stereocenters. The molecule has 0 radical (unpaired) electrons. The summed E-state index contributed by atoms with van der Waals surface area (Å²) in [7, 11) is 1.83. The molecule has 1 aliphatic heterocycles. The lowest BCUT2D eigenvalue weighted by molar-refractivity contribution is 0.372. The van der Waals surface area contributed by atoms with Gasteiger partial charge in [-0.15, -0.1) is 24.0 Å². The number of hydrogen-bond acceptors (Lipinski definition) is 4. The molecular weight excluding hydrogens is 427 g/mol. The van der Waals surface area contributed by atoms with Gasteiger partial charge in [0, 0.05) is 45.1 Å². The number of hydrogen-bond donors (Lipinski definition) is 1.